The highest BCUT2D eigenvalue weighted by molar-refractivity contribution is 8.00. The Hall–Kier alpha value is -1.92. The molecule has 2 aromatic heterocycles. The van der Waals surface area contributed by atoms with Crippen LogP contribution in [0.3, 0.4) is 0 Å². The van der Waals surface area contributed by atoms with Gasteiger partial charge in [0.1, 0.15) is 16.2 Å². The van der Waals surface area contributed by atoms with Crippen molar-refractivity contribution in [2.75, 3.05) is 5.75 Å². The van der Waals surface area contributed by atoms with Gasteiger partial charge >= 0.3 is 0 Å². The lowest BCUT2D eigenvalue weighted by Crippen LogP contribution is -2.28. The Morgan fingerprint density at radius 2 is 2.09 bits per heavy atom. The predicted molar refractivity (Wildman–Crippen MR) is 91.1 cm³/mol. The van der Waals surface area contributed by atoms with E-state index in [2.05, 4.69) is 15.3 Å². The van der Waals surface area contributed by atoms with E-state index in [0.717, 1.165) is 20.8 Å². The predicted octanol–water partition coefficient (Wildman–Crippen LogP) is 3.66. The number of amides is 1. The first-order chi connectivity index (χ1) is 10.7. The number of hydrogen-bond acceptors (Lipinski definition) is 5. The second kappa shape index (κ2) is 6.89. The summed E-state index contributed by atoms with van der Waals surface area (Å²) in [5.41, 5.74) is 1.10. The maximum atomic E-state index is 12.1. The molecule has 1 amide bonds. The topological polar surface area (TPSA) is 54.9 Å². The zero-order chi connectivity index (χ0) is 15.4. The molecule has 0 spiro atoms. The average molecular weight is 329 g/mol. The molecule has 1 unspecified atom stereocenters. The molecule has 0 saturated heterocycles. The number of thioether (sulfide) groups is 1. The third-order valence-electron chi connectivity index (χ3n) is 3.24. The van der Waals surface area contributed by atoms with Gasteiger partial charge in [-0.15, -0.1) is 11.3 Å². The molecule has 3 rings (SSSR count). The Balaban J connectivity index is 1.60. The Morgan fingerprint density at radius 1 is 1.27 bits per heavy atom. The normalized spacial score (nSPS) is 12.2. The van der Waals surface area contributed by atoms with E-state index in [4.69, 9.17) is 0 Å². The van der Waals surface area contributed by atoms with E-state index in [9.17, 15) is 4.79 Å². The molecule has 6 heteroatoms. The molecule has 4 nitrogen and oxygen atoms in total. The van der Waals surface area contributed by atoms with Crippen molar-refractivity contribution < 1.29 is 4.79 Å². The zero-order valence-corrected chi connectivity index (χ0v) is 13.7. The summed E-state index contributed by atoms with van der Waals surface area (Å²) >= 11 is 3.02. The zero-order valence-electron chi connectivity index (χ0n) is 12.0. The lowest BCUT2D eigenvalue weighted by molar-refractivity contribution is -0.119. The summed E-state index contributed by atoms with van der Waals surface area (Å²) < 4.78 is 0. The number of carbonyl (C=O) groups excluding carboxylic acids is 1. The summed E-state index contributed by atoms with van der Waals surface area (Å²) in [6, 6.07) is 11.9. The number of hydrogen-bond donors (Lipinski definition) is 1. The third kappa shape index (κ3) is 3.45. The van der Waals surface area contributed by atoms with Crippen LogP contribution in [0.4, 0.5) is 0 Å². The van der Waals surface area contributed by atoms with E-state index in [1.54, 1.807) is 17.7 Å². The molecule has 0 fully saturated rings. The third-order valence-corrected chi connectivity index (χ3v) is 5.07. The molecular weight excluding hydrogens is 314 g/mol. The molecule has 112 valence electrons. The molecule has 3 aromatic rings. The standard InChI is InChI=1S/C16H15N3OS2/c1-11(12-5-3-2-4-6-12)19-14(20)9-22-16-13-7-8-21-15(13)17-10-18-16/h2-8,10-11H,9H2,1H3,(H,19,20). The van der Waals surface area contributed by atoms with E-state index in [0.29, 0.717) is 5.75 Å². The number of benzene rings is 1. The van der Waals surface area contributed by atoms with E-state index in [1.165, 1.54) is 11.8 Å². The number of nitrogens with zero attached hydrogens (tertiary/aromatic N) is 2. The van der Waals surface area contributed by atoms with Gasteiger partial charge in [0.25, 0.3) is 0 Å². The monoisotopic (exact) mass is 329 g/mol. The maximum absolute atomic E-state index is 12.1. The summed E-state index contributed by atoms with van der Waals surface area (Å²) in [5, 5.41) is 6.87. The summed E-state index contributed by atoms with van der Waals surface area (Å²) in [6.07, 6.45) is 1.55. The Morgan fingerprint density at radius 3 is 2.91 bits per heavy atom. The first-order valence-corrected chi connectivity index (χ1v) is 8.76. The van der Waals surface area contributed by atoms with Crippen LogP contribution in [0, 0.1) is 0 Å². The highest BCUT2D eigenvalue weighted by atomic mass is 32.2. The first kappa shape index (κ1) is 15.0. The van der Waals surface area contributed by atoms with E-state index < -0.39 is 0 Å². The van der Waals surface area contributed by atoms with Gasteiger partial charge in [-0.1, -0.05) is 42.1 Å². The number of nitrogens with one attached hydrogen (secondary N) is 1. The summed E-state index contributed by atoms with van der Waals surface area (Å²) in [7, 11) is 0. The van der Waals surface area contributed by atoms with Crippen molar-refractivity contribution in [1.82, 2.24) is 15.3 Å². The number of aromatic nitrogens is 2. The van der Waals surface area contributed by atoms with Crippen LogP contribution >= 0.6 is 23.1 Å². The van der Waals surface area contributed by atoms with Crippen LogP contribution < -0.4 is 5.32 Å². The highest BCUT2D eigenvalue weighted by Crippen LogP contribution is 2.27. The molecule has 2 heterocycles. The Bertz CT molecular complexity index is 773. The minimum absolute atomic E-state index is 0.000801. The van der Waals surface area contributed by atoms with Gasteiger partial charge in [0, 0.05) is 5.39 Å². The van der Waals surface area contributed by atoms with Crippen LogP contribution in [-0.2, 0) is 4.79 Å². The summed E-state index contributed by atoms with van der Waals surface area (Å²) in [6.45, 7) is 1.99. The molecule has 0 saturated carbocycles. The minimum Gasteiger partial charge on any atom is -0.349 e. The SMILES string of the molecule is CC(NC(=O)CSc1ncnc2sccc12)c1ccccc1. The van der Waals surface area contributed by atoms with E-state index in [1.807, 2.05) is 48.7 Å². The molecule has 0 aliphatic heterocycles. The quantitative estimate of drug-likeness (QED) is 0.573. The molecule has 22 heavy (non-hydrogen) atoms. The lowest BCUT2D eigenvalue weighted by Gasteiger charge is -2.14. The fourth-order valence-corrected chi connectivity index (χ4v) is 3.71. The van der Waals surface area contributed by atoms with Crippen LogP contribution in [0.25, 0.3) is 10.2 Å². The van der Waals surface area contributed by atoms with E-state index >= 15 is 0 Å². The van der Waals surface area contributed by atoms with Crippen LogP contribution in [0.2, 0.25) is 0 Å². The number of fused-ring (bicyclic) bond motifs is 1. The fraction of sp³-hybridized carbons (Fsp3) is 0.188. The van der Waals surface area contributed by atoms with Gasteiger partial charge in [-0.05, 0) is 23.9 Å². The largest absolute Gasteiger partial charge is 0.349 e. The van der Waals surface area contributed by atoms with Gasteiger partial charge in [0.2, 0.25) is 5.91 Å². The van der Waals surface area contributed by atoms with Crippen molar-refractivity contribution in [3.05, 3.63) is 53.7 Å². The minimum atomic E-state index is 0.000801. The van der Waals surface area contributed by atoms with Gasteiger partial charge in [-0.3, -0.25) is 4.79 Å². The molecule has 0 bridgehead atoms. The molecule has 0 aliphatic carbocycles. The van der Waals surface area contributed by atoms with Gasteiger partial charge in [0.15, 0.2) is 0 Å². The van der Waals surface area contributed by atoms with Crippen molar-refractivity contribution in [2.45, 2.75) is 18.0 Å². The van der Waals surface area contributed by atoms with Gasteiger partial charge in [0.05, 0.1) is 11.8 Å². The van der Waals surface area contributed by atoms with Gasteiger partial charge < -0.3 is 5.32 Å². The second-order valence-corrected chi connectivity index (χ2v) is 6.67. The summed E-state index contributed by atoms with van der Waals surface area (Å²) in [4.78, 5) is 21.5. The van der Waals surface area contributed by atoms with Crippen molar-refractivity contribution in [3.63, 3.8) is 0 Å². The number of rotatable bonds is 5. The van der Waals surface area contributed by atoms with Crippen molar-refractivity contribution >= 4 is 39.2 Å². The van der Waals surface area contributed by atoms with Crippen LogP contribution in [-0.4, -0.2) is 21.6 Å². The summed E-state index contributed by atoms with van der Waals surface area (Å²) in [5.74, 6) is 0.349. The fourth-order valence-electron chi connectivity index (χ4n) is 2.12. The Kier molecular flexibility index (Phi) is 4.70. The lowest BCUT2D eigenvalue weighted by atomic mass is 10.1. The molecular formula is C16H15N3OS2. The first-order valence-electron chi connectivity index (χ1n) is 6.89. The Labute approximate surface area is 137 Å². The van der Waals surface area contributed by atoms with Crippen LogP contribution in [0.5, 0.6) is 0 Å². The van der Waals surface area contributed by atoms with Gasteiger partial charge in [-0.2, -0.15) is 0 Å². The van der Waals surface area contributed by atoms with Crippen LogP contribution in [0.1, 0.15) is 18.5 Å². The molecule has 0 radical (unpaired) electrons. The number of thiophene rings is 1. The van der Waals surface area contributed by atoms with Crippen molar-refractivity contribution in [3.8, 4) is 0 Å². The molecule has 0 aliphatic rings. The van der Waals surface area contributed by atoms with E-state index in [-0.39, 0.29) is 11.9 Å². The molecule has 1 atom stereocenters. The van der Waals surface area contributed by atoms with Gasteiger partial charge in [-0.25, -0.2) is 9.97 Å². The van der Waals surface area contributed by atoms with Crippen LogP contribution in [0.15, 0.2) is 53.1 Å². The highest BCUT2D eigenvalue weighted by Gasteiger charge is 2.11. The smallest absolute Gasteiger partial charge is 0.230 e. The second-order valence-electron chi connectivity index (χ2n) is 4.81. The van der Waals surface area contributed by atoms with Crippen molar-refractivity contribution in [1.29, 1.82) is 0 Å². The maximum Gasteiger partial charge on any atom is 0.230 e. The average Bonchev–Trinajstić information content (AvgIpc) is 3.03. The molecule has 1 aromatic carbocycles. The van der Waals surface area contributed by atoms with Crippen molar-refractivity contribution in [2.24, 2.45) is 0 Å². The number of carbonyl (C=O) groups is 1. The molecule has 1 N–H and O–H groups in total.